The number of nitrogens with two attached hydrogens (primary N) is 1. The summed E-state index contributed by atoms with van der Waals surface area (Å²) in [5.41, 5.74) is 6.42. The molecule has 0 radical (unpaired) electrons. The molecule has 18 heavy (non-hydrogen) atoms. The first-order chi connectivity index (χ1) is 8.27. The van der Waals surface area contributed by atoms with Gasteiger partial charge >= 0.3 is 0 Å². The lowest BCUT2D eigenvalue weighted by atomic mass is 10.2. The number of nitrogen functional groups attached to an aromatic ring is 1. The van der Waals surface area contributed by atoms with Gasteiger partial charge in [0.05, 0.1) is 11.6 Å². The van der Waals surface area contributed by atoms with Crippen molar-refractivity contribution in [3.8, 4) is 0 Å². The van der Waals surface area contributed by atoms with E-state index in [9.17, 15) is 13.2 Å². The number of likely N-dealkylation sites (N-methyl/N-ethyl adjacent to an activating group) is 1. The number of nitrogens with one attached hydrogen (secondary N) is 2. The van der Waals surface area contributed by atoms with Crippen LogP contribution in [0.25, 0.3) is 0 Å². The van der Waals surface area contributed by atoms with Crippen LogP contribution in [0.2, 0.25) is 5.02 Å². The summed E-state index contributed by atoms with van der Waals surface area (Å²) in [5, 5.41) is 2.39. The topological polar surface area (TPSA) is 101 Å². The Hall–Kier alpha value is -1.31. The standard InChI is InChI=1S/C10H14ClN3O3S/c1-6-3-7(12)4-8(10(6)11)18(16,17)14-5-9(15)13-2/h3-4,14H,5,12H2,1-2H3,(H,13,15). The third kappa shape index (κ3) is 3.34. The average molecular weight is 292 g/mol. The van der Waals surface area contributed by atoms with Crippen molar-refractivity contribution in [1.82, 2.24) is 10.0 Å². The van der Waals surface area contributed by atoms with Crippen LogP contribution in [0.1, 0.15) is 5.56 Å². The van der Waals surface area contributed by atoms with Crippen molar-refractivity contribution in [2.24, 2.45) is 0 Å². The Labute approximate surface area is 111 Å². The SMILES string of the molecule is CNC(=O)CNS(=O)(=O)c1cc(N)cc(C)c1Cl. The first-order valence-corrected chi connectivity index (χ1v) is 6.90. The number of amides is 1. The van der Waals surface area contributed by atoms with E-state index in [0.717, 1.165) is 0 Å². The Morgan fingerprint density at radius 2 is 2.06 bits per heavy atom. The largest absolute Gasteiger partial charge is 0.399 e. The highest BCUT2D eigenvalue weighted by atomic mass is 35.5. The van der Waals surface area contributed by atoms with E-state index in [4.69, 9.17) is 17.3 Å². The van der Waals surface area contributed by atoms with Crippen molar-refractivity contribution in [3.05, 3.63) is 22.7 Å². The quantitative estimate of drug-likeness (QED) is 0.692. The number of hydrogen-bond acceptors (Lipinski definition) is 4. The fourth-order valence-electron chi connectivity index (χ4n) is 1.29. The third-order valence-corrected chi connectivity index (χ3v) is 4.27. The number of benzene rings is 1. The van der Waals surface area contributed by atoms with Gasteiger partial charge in [-0.2, -0.15) is 0 Å². The summed E-state index contributed by atoms with van der Waals surface area (Å²) in [7, 11) is -2.45. The van der Waals surface area contributed by atoms with Gasteiger partial charge in [0.2, 0.25) is 15.9 Å². The number of hydrogen-bond donors (Lipinski definition) is 3. The highest BCUT2D eigenvalue weighted by Crippen LogP contribution is 2.27. The maximum atomic E-state index is 11.9. The zero-order valence-electron chi connectivity index (χ0n) is 9.95. The summed E-state index contributed by atoms with van der Waals surface area (Å²) in [6.07, 6.45) is 0. The molecule has 1 amide bonds. The van der Waals surface area contributed by atoms with Crippen LogP contribution in [0.4, 0.5) is 5.69 Å². The summed E-state index contributed by atoms with van der Waals surface area (Å²) in [4.78, 5) is 10.9. The van der Waals surface area contributed by atoms with Gasteiger partial charge in [-0.05, 0) is 24.6 Å². The van der Waals surface area contributed by atoms with Crippen LogP contribution in [0, 0.1) is 6.92 Å². The van der Waals surface area contributed by atoms with Gasteiger partial charge in [-0.15, -0.1) is 0 Å². The molecule has 0 bridgehead atoms. The van der Waals surface area contributed by atoms with E-state index in [0.29, 0.717) is 5.56 Å². The molecule has 0 unspecified atom stereocenters. The summed E-state index contributed by atoms with van der Waals surface area (Å²) >= 11 is 5.92. The molecule has 0 aliphatic heterocycles. The fourth-order valence-corrected chi connectivity index (χ4v) is 2.86. The smallest absolute Gasteiger partial charge is 0.242 e. The highest BCUT2D eigenvalue weighted by Gasteiger charge is 2.20. The predicted molar refractivity (Wildman–Crippen MR) is 69.9 cm³/mol. The summed E-state index contributed by atoms with van der Waals surface area (Å²) in [5.74, 6) is -0.449. The lowest BCUT2D eigenvalue weighted by molar-refractivity contribution is -0.119. The number of carbonyl (C=O) groups is 1. The number of sulfonamides is 1. The van der Waals surface area contributed by atoms with Crippen molar-refractivity contribution >= 4 is 33.2 Å². The van der Waals surface area contributed by atoms with Gasteiger partial charge in [-0.1, -0.05) is 11.6 Å². The summed E-state index contributed by atoms with van der Waals surface area (Å²) in [6, 6.07) is 2.82. The molecular formula is C10H14ClN3O3S. The van der Waals surface area contributed by atoms with Gasteiger partial charge in [-0.25, -0.2) is 13.1 Å². The predicted octanol–water partition coefficient (Wildman–Crippen LogP) is 0.255. The van der Waals surface area contributed by atoms with Gasteiger partial charge in [0.1, 0.15) is 4.90 Å². The van der Waals surface area contributed by atoms with Crippen LogP contribution >= 0.6 is 11.6 Å². The lowest BCUT2D eigenvalue weighted by Crippen LogP contribution is -2.35. The molecule has 0 aromatic heterocycles. The fraction of sp³-hybridized carbons (Fsp3) is 0.300. The van der Waals surface area contributed by atoms with Crippen LogP contribution in [0.5, 0.6) is 0 Å². The zero-order chi connectivity index (χ0) is 13.9. The second kappa shape index (κ2) is 5.55. The lowest BCUT2D eigenvalue weighted by Gasteiger charge is -2.10. The third-order valence-electron chi connectivity index (χ3n) is 2.23. The number of carbonyl (C=O) groups excluding carboxylic acids is 1. The molecular weight excluding hydrogens is 278 g/mol. The van der Waals surface area contributed by atoms with E-state index in [2.05, 4.69) is 10.0 Å². The molecule has 1 rings (SSSR count). The molecule has 1 aromatic rings. The molecule has 0 fully saturated rings. The normalized spacial score (nSPS) is 11.3. The first kappa shape index (κ1) is 14.7. The van der Waals surface area contributed by atoms with Gasteiger partial charge in [-0.3, -0.25) is 4.79 Å². The second-order valence-corrected chi connectivity index (χ2v) is 5.76. The van der Waals surface area contributed by atoms with E-state index < -0.39 is 15.9 Å². The Bertz CT molecular complexity index is 572. The molecule has 0 aliphatic rings. The van der Waals surface area contributed by atoms with E-state index in [1.54, 1.807) is 13.0 Å². The number of anilines is 1. The van der Waals surface area contributed by atoms with Crippen molar-refractivity contribution in [3.63, 3.8) is 0 Å². The van der Waals surface area contributed by atoms with Crippen LogP contribution in [-0.2, 0) is 14.8 Å². The Balaban J connectivity index is 3.09. The number of rotatable bonds is 4. The Kier molecular flexibility index (Phi) is 4.55. The molecule has 6 nitrogen and oxygen atoms in total. The molecule has 0 spiro atoms. The maximum Gasteiger partial charge on any atom is 0.242 e. The minimum absolute atomic E-state index is 0.0913. The second-order valence-electron chi connectivity index (χ2n) is 3.65. The van der Waals surface area contributed by atoms with Gasteiger partial charge < -0.3 is 11.1 Å². The minimum Gasteiger partial charge on any atom is -0.399 e. The summed E-state index contributed by atoms with van der Waals surface area (Å²) in [6.45, 7) is 1.29. The van der Waals surface area contributed by atoms with Crippen LogP contribution in [0.15, 0.2) is 17.0 Å². The van der Waals surface area contributed by atoms with Gasteiger partial charge in [0.25, 0.3) is 0 Å². The molecule has 8 heteroatoms. The molecule has 0 atom stereocenters. The molecule has 100 valence electrons. The van der Waals surface area contributed by atoms with E-state index in [-0.39, 0.29) is 22.2 Å². The maximum absolute atomic E-state index is 11.9. The van der Waals surface area contributed by atoms with Crippen molar-refractivity contribution in [2.75, 3.05) is 19.3 Å². The molecule has 0 aliphatic carbocycles. The van der Waals surface area contributed by atoms with Crippen LogP contribution in [0.3, 0.4) is 0 Å². The Morgan fingerprint density at radius 1 is 1.44 bits per heavy atom. The van der Waals surface area contributed by atoms with Crippen LogP contribution in [-0.4, -0.2) is 27.9 Å². The molecule has 0 saturated heterocycles. The monoisotopic (exact) mass is 291 g/mol. The highest BCUT2D eigenvalue weighted by molar-refractivity contribution is 7.89. The Morgan fingerprint density at radius 3 is 2.61 bits per heavy atom. The number of aryl methyl sites for hydroxylation is 1. The van der Waals surface area contributed by atoms with Crippen molar-refractivity contribution < 1.29 is 13.2 Å². The zero-order valence-corrected chi connectivity index (χ0v) is 11.5. The first-order valence-electron chi connectivity index (χ1n) is 5.04. The van der Waals surface area contributed by atoms with Crippen LogP contribution < -0.4 is 15.8 Å². The summed E-state index contributed by atoms with van der Waals surface area (Å²) < 4.78 is 26.0. The van der Waals surface area contributed by atoms with Gasteiger partial charge in [0.15, 0.2) is 0 Å². The average Bonchev–Trinajstić information content (AvgIpc) is 2.30. The van der Waals surface area contributed by atoms with Gasteiger partial charge in [0, 0.05) is 12.7 Å². The molecule has 0 heterocycles. The minimum atomic E-state index is -3.86. The molecule has 0 saturated carbocycles. The van der Waals surface area contributed by atoms with Crippen molar-refractivity contribution in [2.45, 2.75) is 11.8 Å². The van der Waals surface area contributed by atoms with Crippen molar-refractivity contribution in [1.29, 1.82) is 0 Å². The molecule has 4 N–H and O–H groups in total. The molecule has 1 aromatic carbocycles. The van der Waals surface area contributed by atoms with E-state index in [1.807, 2.05) is 0 Å². The van der Waals surface area contributed by atoms with E-state index >= 15 is 0 Å². The number of halogens is 1. The van der Waals surface area contributed by atoms with E-state index in [1.165, 1.54) is 13.1 Å².